The summed E-state index contributed by atoms with van der Waals surface area (Å²) in [5, 5.41) is 11.1. The van der Waals surface area contributed by atoms with Crippen molar-refractivity contribution in [1.82, 2.24) is 10.2 Å². The standard InChI is InChI=1S/C12H13N3OS2/c1-7-4-5-9(6-8(7)2)10(16)13-11-14-15-12(17-3)18-11/h4-6H,1-3H3,(H,13,14,16). The molecule has 2 aromatic rings. The molecular formula is C12H13N3OS2. The summed E-state index contributed by atoms with van der Waals surface area (Å²) in [6, 6.07) is 5.63. The molecule has 0 aliphatic rings. The Hall–Kier alpha value is -1.40. The average molecular weight is 279 g/mol. The Bertz CT molecular complexity index is 580. The zero-order valence-electron chi connectivity index (χ0n) is 10.4. The zero-order chi connectivity index (χ0) is 13.1. The third-order valence-corrected chi connectivity index (χ3v) is 4.38. The van der Waals surface area contributed by atoms with Gasteiger partial charge in [0.05, 0.1) is 0 Å². The number of carbonyl (C=O) groups is 1. The van der Waals surface area contributed by atoms with E-state index in [4.69, 9.17) is 0 Å². The molecule has 0 fully saturated rings. The Morgan fingerprint density at radius 2 is 2.06 bits per heavy atom. The van der Waals surface area contributed by atoms with Crippen LogP contribution >= 0.6 is 23.1 Å². The summed E-state index contributed by atoms with van der Waals surface area (Å²) >= 11 is 2.88. The summed E-state index contributed by atoms with van der Waals surface area (Å²) < 4.78 is 0.838. The largest absolute Gasteiger partial charge is 0.296 e. The lowest BCUT2D eigenvalue weighted by Crippen LogP contribution is -2.12. The molecule has 0 saturated heterocycles. The van der Waals surface area contributed by atoms with E-state index in [2.05, 4.69) is 15.5 Å². The van der Waals surface area contributed by atoms with Crippen LogP contribution in [0.1, 0.15) is 21.5 Å². The highest BCUT2D eigenvalue weighted by Gasteiger charge is 2.10. The number of hydrogen-bond donors (Lipinski definition) is 1. The fourth-order valence-electron chi connectivity index (χ4n) is 1.39. The molecule has 4 nitrogen and oxygen atoms in total. The molecule has 0 saturated carbocycles. The third-order valence-electron chi connectivity index (χ3n) is 2.57. The van der Waals surface area contributed by atoms with E-state index in [0.29, 0.717) is 10.7 Å². The van der Waals surface area contributed by atoms with Gasteiger partial charge in [0.25, 0.3) is 5.91 Å². The Labute approximate surface area is 114 Å². The smallest absolute Gasteiger partial charge is 0.257 e. The van der Waals surface area contributed by atoms with Crippen LogP contribution in [0.4, 0.5) is 5.13 Å². The van der Waals surface area contributed by atoms with Gasteiger partial charge in [-0.1, -0.05) is 29.2 Å². The van der Waals surface area contributed by atoms with Crippen LogP contribution < -0.4 is 5.32 Å². The molecule has 1 heterocycles. The summed E-state index contributed by atoms with van der Waals surface area (Å²) in [7, 11) is 0. The molecule has 0 bridgehead atoms. The van der Waals surface area contributed by atoms with Crippen molar-refractivity contribution < 1.29 is 4.79 Å². The van der Waals surface area contributed by atoms with Gasteiger partial charge in [-0.3, -0.25) is 10.1 Å². The van der Waals surface area contributed by atoms with Gasteiger partial charge in [-0.25, -0.2) is 0 Å². The van der Waals surface area contributed by atoms with E-state index in [0.717, 1.165) is 9.90 Å². The Balaban J connectivity index is 2.14. The predicted molar refractivity (Wildman–Crippen MR) is 75.6 cm³/mol. The fraction of sp³-hybridized carbons (Fsp3) is 0.250. The van der Waals surface area contributed by atoms with E-state index in [1.807, 2.05) is 38.3 Å². The normalized spacial score (nSPS) is 10.4. The highest BCUT2D eigenvalue weighted by molar-refractivity contribution is 8.00. The minimum Gasteiger partial charge on any atom is -0.296 e. The number of benzene rings is 1. The Morgan fingerprint density at radius 3 is 2.67 bits per heavy atom. The average Bonchev–Trinajstić information content (AvgIpc) is 2.80. The second-order valence-corrected chi connectivity index (χ2v) is 5.86. The maximum absolute atomic E-state index is 12.0. The van der Waals surface area contributed by atoms with Gasteiger partial charge < -0.3 is 0 Å². The first-order chi connectivity index (χ1) is 8.60. The number of carbonyl (C=O) groups excluding carboxylic acids is 1. The number of thioether (sulfide) groups is 1. The Morgan fingerprint density at radius 1 is 1.28 bits per heavy atom. The maximum atomic E-state index is 12.0. The van der Waals surface area contributed by atoms with Crippen molar-refractivity contribution in [2.45, 2.75) is 18.2 Å². The molecule has 1 N–H and O–H groups in total. The third kappa shape index (κ3) is 2.88. The molecule has 1 aromatic carbocycles. The molecule has 6 heteroatoms. The quantitative estimate of drug-likeness (QED) is 0.693. The fourth-order valence-corrected chi connectivity index (χ4v) is 2.56. The van der Waals surface area contributed by atoms with Crippen LogP contribution in [0, 0.1) is 13.8 Å². The van der Waals surface area contributed by atoms with Crippen LogP contribution in [-0.2, 0) is 0 Å². The van der Waals surface area contributed by atoms with E-state index in [1.165, 1.54) is 28.7 Å². The van der Waals surface area contributed by atoms with Crippen LogP contribution in [0.3, 0.4) is 0 Å². The lowest BCUT2D eigenvalue weighted by atomic mass is 10.1. The van der Waals surface area contributed by atoms with E-state index in [9.17, 15) is 4.79 Å². The van der Waals surface area contributed by atoms with Crippen molar-refractivity contribution in [3.05, 3.63) is 34.9 Å². The van der Waals surface area contributed by atoms with Gasteiger partial charge in [-0.05, 0) is 43.4 Å². The van der Waals surface area contributed by atoms with E-state index < -0.39 is 0 Å². The minimum atomic E-state index is -0.151. The summed E-state index contributed by atoms with van der Waals surface area (Å²) in [5.41, 5.74) is 2.91. The van der Waals surface area contributed by atoms with Crippen molar-refractivity contribution in [2.24, 2.45) is 0 Å². The summed E-state index contributed by atoms with van der Waals surface area (Å²) in [6.07, 6.45) is 1.93. The first kappa shape index (κ1) is 13.0. The first-order valence-corrected chi connectivity index (χ1v) is 7.40. The number of anilines is 1. The second-order valence-electron chi connectivity index (χ2n) is 3.83. The monoisotopic (exact) mass is 279 g/mol. The summed E-state index contributed by atoms with van der Waals surface area (Å²) in [6.45, 7) is 4.01. The molecular weight excluding hydrogens is 266 g/mol. The van der Waals surface area contributed by atoms with Crippen LogP contribution in [0.25, 0.3) is 0 Å². The van der Waals surface area contributed by atoms with Crippen molar-refractivity contribution in [1.29, 1.82) is 0 Å². The van der Waals surface area contributed by atoms with Crippen molar-refractivity contribution >= 4 is 34.1 Å². The van der Waals surface area contributed by atoms with Gasteiger partial charge in [-0.15, -0.1) is 10.2 Å². The number of amides is 1. The number of aromatic nitrogens is 2. The van der Waals surface area contributed by atoms with E-state index >= 15 is 0 Å². The molecule has 0 atom stereocenters. The topological polar surface area (TPSA) is 54.9 Å². The van der Waals surface area contributed by atoms with Crippen LogP contribution in [0.5, 0.6) is 0 Å². The molecule has 94 valence electrons. The molecule has 0 aliphatic carbocycles. The molecule has 2 rings (SSSR count). The number of nitrogens with one attached hydrogen (secondary N) is 1. The van der Waals surface area contributed by atoms with Crippen LogP contribution in [0.15, 0.2) is 22.5 Å². The van der Waals surface area contributed by atoms with Crippen LogP contribution in [-0.4, -0.2) is 22.4 Å². The molecule has 1 aromatic heterocycles. The van der Waals surface area contributed by atoms with Gasteiger partial charge in [0.15, 0.2) is 4.34 Å². The summed E-state index contributed by atoms with van der Waals surface area (Å²) in [5.74, 6) is -0.151. The number of hydrogen-bond acceptors (Lipinski definition) is 5. The highest BCUT2D eigenvalue weighted by atomic mass is 32.2. The molecule has 0 unspecified atom stereocenters. The highest BCUT2D eigenvalue weighted by Crippen LogP contribution is 2.23. The SMILES string of the molecule is CSc1nnc(NC(=O)c2ccc(C)c(C)c2)s1. The van der Waals surface area contributed by atoms with E-state index in [-0.39, 0.29) is 5.91 Å². The molecule has 0 radical (unpaired) electrons. The number of aryl methyl sites for hydroxylation is 2. The van der Waals surface area contributed by atoms with Crippen LogP contribution in [0.2, 0.25) is 0 Å². The number of nitrogens with zero attached hydrogens (tertiary/aromatic N) is 2. The molecule has 1 amide bonds. The van der Waals surface area contributed by atoms with Crippen molar-refractivity contribution in [3.63, 3.8) is 0 Å². The maximum Gasteiger partial charge on any atom is 0.257 e. The lowest BCUT2D eigenvalue weighted by molar-refractivity contribution is 0.102. The van der Waals surface area contributed by atoms with Gasteiger partial charge in [-0.2, -0.15) is 0 Å². The minimum absolute atomic E-state index is 0.151. The van der Waals surface area contributed by atoms with Gasteiger partial charge in [0, 0.05) is 5.56 Å². The summed E-state index contributed by atoms with van der Waals surface area (Å²) in [4.78, 5) is 12.0. The Kier molecular flexibility index (Phi) is 3.98. The van der Waals surface area contributed by atoms with Gasteiger partial charge >= 0.3 is 0 Å². The van der Waals surface area contributed by atoms with Crippen molar-refractivity contribution in [2.75, 3.05) is 11.6 Å². The van der Waals surface area contributed by atoms with Gasteiger partial charge in [0.1, 0.15) is 0 Å². The molecule has 0 aliphatic heterocycles. The molecule has 0 spiro atoms. The lowest BCUT2D eigenvalue weighted by Gasteiger charge is -2.04. The molecule has 18 heavy (non-hydrogen) atoms. The predicted octanol–water partition coefficient (Wildman–Crippen LogP) is 3.13. The van der Waals surface area contributed by atoms with Crippen molar-refractivity contribution in [3.8, 4) is 0 Å². The zero-order valence-corrected chi connectivity index (χ0v) is 12.0. The van der Waals surface area contributed by atoms with E-state index in [1.54, 1.807) is 0 Å². The second kappa shape index (κ2) is 5.49. The van der Waals surface area contributed by atoms with Gasteiger partial charge in [0.2, 0.25) is 5.13 Å². The first-order valence-electron chi connectivity index (χ1n) is 5.36. The number of rotatable bonds is 3.